The minimum absolute atomic E-state index is 0.0316. The Morgan fingerprint density at radius 2 is 2.04 bits per heavy atom. The Bertz CT molecular complexity index is 927. The molecule has 1 fully saturated rings. The third-order valence-electron chi connectivity index (χ3n) is 3.58. The normalized spacial score (nSPS) is 15.6. The van der Waals surface area contributed by atoms with Gasteiger partial charge in [0.05, 0.1) is 22.1 Å². The quantitative estimate of drug-likeness (QED) is 0.328. The van der Waals surface area contributed by atoms with Gasteiger partial charge in [0, 0.05) is 12.1 Å². The number of nitro benzene ring substituents is 1. The van der Waals surface area contributed by atoms with Crippen molar-refractivity contribution in [2.24, 2.45) is 0 Å². The summed E-state index contributed by atoms with van der Waals surface area (Å²) in [7, 11) is 0. The molecule has 1 heterocycles. The van der Waals surface area contributed by atoms with E-state index in [0.29, 0.717) is 32.8 Å². The first-order chi connectivity index (χ1) is 12.5. The van der Waals surface area contributed by atoms with Crippen molar-refractivity contribution in [2.45, 2.75) is 6.92 Å². The molecular weight excluding hydrogens is 372 g/mol. The van der Waals surface area contributed by atoms with Gasteiger partial charge in [-0.05, 0) is 30.7 Å². The van der Waals surface area contributed by atoms with Gasteiger partial charge < -0.3 is 4.74 Å². The van der Waals surface area contributed by atoms with Crippen molar-refractivity contribution < 1.29 is 14.5 Å². The number of carbonyl (C=O) groups is 1. The molecule has 8 heteroatoms. The average molecular weight is 386 g/mol. The van der Waals surface area contributed by atoms with Crippen LogP contribution in [0, 0.1) is 10.1 Å². The molecule has 0 atom stereocenters. The van der Waals surface area contributed by atoms with E-state index in [0.717, 1.165) is 11.8 Å². The van der Waals surface area contributed by atoms with Gasteiger partial charge in [-0.25, -0.2) is 0 Å². The number of hydrogen-bond donors (Lipinski definition) is 0. The van der Waals surface area contributed by atoms with Crippen LogP contribution in [0.3, 0.4) is 0 Å². The molecule has 1 aliphatic heterocycles. The molecule has 0 bridgehead atoms. The number of benzene rings is 2. The van der Waals surface area contributed by atoms with Crippen LogP contribution in [0.15, 0.2) is 53.4 Å². The lowest BCUT2D eigenvalue weighted by Crippen LogP contribution is -2.28. The summed E-state index contributed by atoms with van der Waals surface area (Å²) in [6, 6.07) is 13.3. The van der Waals surface area contributed by atoms with E-state index in [-0.39, 0.29) is 11.6 Å². The second-order valence-electron chi connectivity index (χ2n) is 5.27. The number of rotatable bonds is 5. The Balaban J connectivity index is 1.95. The molecule has 0 aromatic heterocycles. The van der Waals surface area contributed by atoms with Gasteiger partial charge in [0.25, 0.3) is 11.6 Å². The first-order valence-electron chi connectivity index (χ1n) is 7.75. The van der Waals surface area contributed by atoms with Gasteiger partial charge in [0.2, 0.25) is 0 Å². The Kier molecular flexibility index (Phi) is 5.34. The zero-order chi connectivity index (χ0) is 18.7. The number of amides is 1. The fraction of sp³-hybridized carbons (Fsp3) is 0.111. The molecular formula is C18H14N2O4S2. The monoisotopic (exact) mass is 386 g/mol. The van der Waals surface area contributed by atoms with Crippen LogP contribution in [0.1, 0.15) is 12.5 Å². The molecule has 1 amide bonds. The van der Waals surface area contributed by atoms with Crippen LogP contribution in [-0.2, 0) is 4.79 Å². The standard InChI is InChI=1S/C18H14N2O4S2/c1-2-24-15-9-4-3-8-14(15)19-17(21)16(26-18(19)25)11-12-6-5-7-13(10-12)20(22)23/h3-11H,2H2,1H3/b16-11-. The number of thioether (sulfide) groups is 1. The van der Waals surface area contributed by atoms with Crippen LogP contribution in [0.25, 0.3) is 6.08 Å². The van der Waals surface area contributed by atoms with E-state index < -0.39 is 4.92 Å². The summed E-state index contributed by atoms with van der Waals surface area (Å²) < 4.78 is 5.97. The molecule has 2 aromatic carbocycles. The summed E-state index contributed by atoms with van der Waals surface area (Å²) in [5.74, 6) is 0.293. The van der Waals surface area contributed by atoms with Crippen LogP contribution < -0.4 is 9.64 Å². The molecule has 0 unspecified atom stereocenters. The largest absolute Gasteiger partial charge is 0.492 e. The summed E-state index contributed by atoms with van der Waals surface area (Å²) in [5.41, 5.74) is 1.12. The molecule has 2 aromatic rings. The second kappa shape index (κ2) is 7.67. The molecule has 0 saturated carbocycles. The highest BCUT2D eigenvalue weighted by Crippen LogP contribution is 2.39. The molecule has 132 valence electrons. The van der Waals surface area contributed by atoms with E-state index in [2.05, 4.69) is 0 Å². The molecule has 0 radical (unpaired) electrons. The third-order valence-corrected chi connectivity index (χ3v) is 4.88. The van der Waals surface area contributed by atoms with Gasteiger partial charge in [-0.2, -0.15) is 0 Å². The first kappa shape index (κ1) is 18.1. The number of nitro groups is 1. The predicted molar refractivity (Wildman–Crippen MR) is 106 cm³/mol. The van der Waals surface area contributed by atoms with Crippen molar-refractivity contribution >= 4 is 51.7 Å². The summed E-state index contributed by atoms with van der Waals surface area (Å²) in [4.78, 5) is 25.1. The summed E-state index contributed by atoms with van der Waals surface area (Å²) in [5, 5.41) is 10.9. The van der Waals surface area contributed by atoms with E-state index in [9.17, 15) is 14.9 Å². The minimum Gasteiger partial charge on any atom is -0.492 e. The lowest BCUT2D eigenvalue weighted by molar-refractivity contribution is -0.384. The van der Waals surface area contributed by atoms with Gasteiger partial charge in [-0.3, -0.25) is 19.8 Å². The number of nitrogens with zero attached hydrogens (tertiary/aromatic N) is 2. The van der Waals surface area contributed by atoms with Gasteiger partial charge in [0.15, 0.2) is 4.32 Å². The highest BCUT2D eigenvalue weighted by molar-refractivity contribution is 8.27. The molecule has 1 saturated heterocycles. The zero-order valence-corrected chi connectivity index (χ0v) is 15.4. The number of hydrogen-bond acceptors (Lipinski definition) is 6. The van der Waals surface area contributed by atoms with Gasteiger partial charge >= 0.3 is 0 Å². The minimum atomic E-state index is -0.471. The Hall–Kier alpha value is -2.71. The summed E-state index contributed by atoms with van der Waals surface area (Å²) >= 11 is 6.52. The molecule has 1 aliphatic rings. The Labute approximate surface area is 159 Å². The number of anilines is 1. The maximum absolute atomic E-state index is 12.9. The lowest BCUT2D eigenvalue weighted by Gasteiger charge is -2.18. The van der Waals surface area contributed by atoms with E-state index in [1.54, 1.807) is 36.4 Å². The number of non-ortho nitro benzene ring substituents is 1. The second-order valence-corrected chi connectivity index (χ2v) is 6.95. The van der Waals surface area contributed by atoms with Crippen molar-refractivity contribution in [2.75, 3.05) is 11.5 Å². The fourth-order valence-electron chi connectivity index (χ4n) is 2.47. The summed E-state index contributed by atoms with van der Waals surface area (Å²) in [6.45, 7) is 2.33. The van der Waals surface area contributed by atoms with E-state index in [1.165, 1.54) is 17.0 Å². The van der Waals surface area contributed by atoms with Gasteiger partial charge in [0.1, 0.15) is 5.75 Å². The van der Waals surface area contributed by atoms with Crippen LogP contribution in [0.4, 0.5) is 11.4 Å². The van der Waals surface area contributed by atoms with Crippen molar-refractivity contribution in [3.8, 4) is 5.75 Å². The average Bonchev–Trinajstić information content (AvgIpc) is 2.89. The van der Waals surface area contributed by atoms with Crippen LogP contribution >= 0.6 is 24.0 Å². The number of carbonyl (C=O) groups excluding carboxylic acids is 1. The van der Waals surface area contributed by atoms with E-state index in [4.69, 9.17) is 17.0 Å². The molecule has 3 rings (SSSR count). The SMILES string of the molecule is CCOc1ccccc1N1C(=O)/C(=C/c2cccc([N+](=O)[O-])c2)SC1=S. The highest BCUT2D eigenvalue weighted by atomic mass is 32.2. The molecule has 26 heavy (non-hydrogen) atoms. The fourth-order valence-corrected chi connectivity index (χ4v) is 3.76. The molecule has 0 N–H and O–H groups in total. The predicted octanol–water partition coefficient (Wildman–Crippen LogP) is 4.40. The number of ether oxygens (including phenoxy) is 1. The zero-order valence-electron chi connectivity index (χ0n) is 13.7. The lowest BCUT2D eigenvalue weighted by atomic mass is 10.2. The molecule has 0 spiro atoms. The molecule has 6 nitrogen and oxygen atoms in total. The van der Waals surface area contributed by atoms with Crippen LogP contribution in [-0.4, -0.2) is 21.8 Å². The molecule has 0 aliphatic carbocycles. The maximum atomic E-state index is 12.9. The maximum Gasteiger partial charge on any atom is 0.270 e. The topological polar surface area (TPSA) is 72.7 Å². The van der Waals surface area contributed by atoms with Crippen molar-refractivity contribution in [1.29, 1.82) is 0 Å². The Morgan fingerprint density at radius 3 is 2.77 bits per heavy atom. The van der Waals surface area contributed by atoms with Gasteiger partial charge in [-0.1, -0.05) is 48.2 Å². The Morgan fingerprint density at radius 1 is 1.27 bits per heavy atom. The van der Waals surface area contributed by atoms with Crippen molar-refractivity contribution in [3.63, 3.8) is 0 Å². The third kappa shape index (κ3) is 3.61. The van der Waals surface area contributed by atoms with Crippen LogP contribution in [0.2, 0.25) is 0 Å². The van der Waals surface area contributed by atoms with E-state index >= 15 is 0 Å². The smallest absolute Gasteiger partial charge is 0.270 e. The van der Waals surface area contributed by atoms with Crippen molar-refractivity contribution in [1.82, 2.24) is 0 Å². The van der Waals surface area contributed by atoms with Crippen LogP contribution in [0.5, 0.6) is 5.75 Å². The van der Waals surface area contributed by atoms with E-state index in [1.807, 2.05) is 13.0 Å². The number of thiocarbonyl (C=S) groups is 1. The van der Waals surface area contributed by atoms with Gasteiger partial charge in [-0.15, -0.1) is 0 Å². The van der Waals surface area contributed by atoms with Crippen molar-refractivity contribution in [3.05, 3.63) is 69.1 Å². The number of para-hydroxylation sites is 2. The first-order valence-corrected chi connectivity index (χ1v) is 8.98. The highest BCUT2D eigenvalue weighted by Gasteiger charge is 2.34. The summed E-state index contributed by atoms with van der Waals surface area (Å²) in [6.07, 6.45) is 1.61.